The van der Waals surface area contributed by atoms with Gasteiger partial charge in [-0.1, -0.05) is 0 Å². The van der Waals surface area contributed by atoms with E-state index in [9.17, 15) is 17.6 Å². The zero-order valence-electron chi connectivity index (χ0n) is 8.32. The Morgan fingerprint density at radius 2 is 1.53 bits per heavy atom. The van der Waals surface area contributed by atoms with Crippen molar-refractivity contribution in [2.75, 3.05) is 0 Å². The van der Waals surface area contributed by atoms with Crippen molar-refractivity contribution in [1.82, 2.24) is 0 Å². The largest absolute Gasteiger partial charge is 0.407 e. The van der Waals surface area contributed by atoms with Crippen LogP contribution in [0.1, 0.15) is 22.7 Å². The van der Waals surface area contributed by atoms with Crippen LogP contribution >= 0.6 is 0 Å². The van der Waals surface area contributed by atoms with Crippen molar-refractivity contribution in [3.05, 3.63) is 34.6 Å². The van der Waals surface area contributed by atoms with E-state index >= 15 is 0 Å². The first-order valence-electron chi connectivity index (χ1n) is 4.32. The third-order valence-corrected chi connectivity index (χ3v) is 2.22. The predicted molar refractivity (Wildman–Crippen MR) is 48.9 cm³/mol. The van der Waals surface area contributed by atoms with Gasteiger partial charge in [-0.15, -0.1) is 0 Å². The number of benzene rings is 1. The van der Waals surface area contributed by atoms with Gasteiger partial charge in [0.1, 0.15) is 11.9 Å². The van der Waals surface area contributed by atoms with E-state index in [-0.39, 0.29) is 16.7 Å². The minimum Gasteiger partial charge on any atom is -0.316 e. The summed E-state index contributed by atoms with van der Waals surface area (Å²) in [6, 6.07) is 0.0418. The summed E-state index contributed by atoms with van der Waals surface area (Å²) >= 11 is 0. The van der Waals surface area contributed by atoms with Gasteiger partial charge in [0.15, 0.2) is 0 Å². The molecule has 0 spiro atoms. The van der Waals surface area contributed by atoms with Crippen molar-refractivity contribution < 1.29 is 17.6 Å². The third kappa shape index (κ3) is 2.47. The number of rotatable bonds is 1. The molecular formula is C10H11F4N. The molecule has 1 nitrogen and oxygen atoms in total. The molecule has 0 radical (unpaired) electrons. The molecule has 5 heteroatoms. The number of alkyl halides is 3. The van der Waals surface area contributed by atoms with Gasteiger partial charge in [0.25, 0.3) is 0 Å². The fourth-order valence-electron chi connectivity index (χ4n) is 1.58. The van der Waals surface area contributed by atoms with Crippen LogP contribution in [0, 0.1) is 19.7 Å². The van der Waals surface area contributed by atoms with Gasteiger partial charge in [0, 0.05) is 0 Å². The Labute approximate surface area is 84.9 Å². The second-order valence-corrected chi connectivity index (χ2v) is 3.47. The van der Waals surface area contributed by atoms with Crippen molar-refractivity contribution in [1.29, 1.82) is 0 Å². The molecule has 0 aliphatic rings. The van der Waals surface area contributed by atoms with Gasteiger partial charge < -0.3 is 5.73 Å². The van der Waals surface area contributed by atoms with Crippen LogP contribution in [0.4, 0.5) is 17.6 Å². The Morgan fingerprint density at radius 1 is 1.13 bits per heavy atom. The molecule has 0 aromatic heterocycles. The van der Waals surface area contributed by atoms with Crippen molar-refractivity contribution >= 4 is 0 Å². The smallest absolute Gasteiger partial charge is 0.316 e. The second-order valence-electron chi connectivity index (χ2n) is 3.47. The summed E-state index contributed by atoms with van der Waals surface area (Å²) in [4.78, 5) is 0. The Morgan fingerprint density at radius 3 is 1.87 bits per heavy atom. The number of aryl methyl sites for hydroxylation is 2. The summed E-state index contributed by atoms with van der Waals surface area (Å²) in [6.45, 7) is 2.83. The van der Waals surface area contributed by atoms with Crippen molar-refractivity contribution in [3.63, 3.8) is 0 Å². The molecule has 0 saturated heterocycles. The van der Waals surface area contributed by atoms with Crippen LogP contribution < -0.4 is 5.73 Å². The van der Waals surface area contributed by atoms with E-state index in [0.29, 0.717) is 0 Å². The first-order valence-corrected chi connectivity index (χ1v) is 4.32. The van der Waals surface area contributed by atoms with Crippen LogP contribution in [0.15, 0.2) is 12.1 Å². The van der Waals surface area contributed by atoms with E-state index in [1.54, 1.807) is 0 Å². The van der Waals surface area contributed by atoms with Gasteiger partial charge in [0.2, 0.25) is 0 Å². The fraction of sp³-hybridized carbons (Fsp3) is 0.400. The molecule has 15 heavy (non-hydrogen) atoms. The zero-order chi connectivity index (χ0) is 11.8. The first-order chi connectivity index (χ1) is 6.73. The monoisotopic (exact) mass is 221 g/mol. The SMILES string of the molecule is Cc1cc(F)cc(C)c1C(N)C(F)(F)F. The van der Waals surface area contributed by atoms with E-state index < -0.39 is 18.0 Å². The van der Waals surface area contributed by atoms with Crippen LogP contribution in [0.2, 0.25) is 0 Å². The molecule has 1 aromatic carbocycles. The molecule has 84 valence electrons. The van der Waals surface area contributed by atoms with Crippen molar-refractivity contribution in [2.45, 2.75) is 26.1 Å². The summed E-state index contributed by atoms with van der Waals surface area (Å²) < 4.78 is 50.0. The lowest BCUT2D eigenvalue weighted by Crippen LogP contribution is -2.29. The fourth-order valence-corrected chi connectivity index (χ4v) is 1.58. The standard InChI is InChI=1S/C10H11F4N/c1-5-3-7(11)4-6(2)8(5)9(15)10(12,13)14/h3-4,9H,15H2,1-2H3. The quantitative estimate of drug-likeness (QED) is 0.725. The number of nitrogens with two attached hydrogens (primary N) is 1. The maximum absolute atomic E-state index is 12.8. The van der Waals surface area contributed by atoms with Gasteiger partial charge in [-0.2, -0.15) is 13.2 Å². The molecule has 0 saturated carbocycles. The van der Waals surface area contributed by atoms with Crippen molar-refractivity contribution in [2.24, 2.45) is 5.73 Å². The van der Waals surface area contributed by atoms with Crippen LogP contribution in [0.25, 0.3) is 0 Å². The summed E-state index contributed by atoms with van der Waals surface area (Å²) in [5.41, 5.74) is 5.46. The average Bonchev–Trinajstić information content (AvgIpc) is 1.99. The maximum atomic E-state index is 12.8. The Balaban J connectivity index is 3.26. The third-order valence-electron chi connectivity index (χ3n) is 2.22. The molecule has 1 unspecified atom stereocenters. The molecule has 1 aromatic rings. The van der Waals surface area contributed by atoms with E-state index in [1.807, 2.05) is 0 Å². The molecule has 0 aliphatic carbocycles. The highest BCUT2D eigenvalue weighted by Crippen LogP contribution is 2.34. The minimum atomic E-state index is -4.51. The highest BCUT2D eigenvalue weighted by atomic mass is 19.4. The summed E-state index contributed by atoms with van der Waals surface area (Å²) in [6.07, 6.45) is -4.51. The molecule has 1 atom stereocenters. The number of hydrogen-bond acceptors (Lipinski definition) is 1. The number of halogens is 4. The van der Waals surface area contributed by atoms with Crippen LogP contribution in [-0.4, -0.2) is 6.18 Å². The van der Waals surface area contributed by atoms with Gasteiger partial charge in [-0.25, -0.2) is 4.39 Å². The van der Waals surface area contributed by atoms with Gasteiger partial charge in [-0.3, -0.25) is 0 Å². The lowest BCUT2D eigenvalue weighted by Gasteiger charge is -2.20. The average molecular weight is 221 g/mol. The molecule has 2 N–H and O–H groups in total. The molecule has 0 bridgehead atoms. The summed E-state index contributed by atoms with van der Waals surface area (Å²) in [5.74, 6) is -0.553. The van der Waals surface area contributed by atoms with E-state index in [4.69, 9.17) is 5.73 Å². The molecule has 0 aliphatic heterocycles. The van der Waals surface area contributed by atoms with Crippen LogP contribution in [0.3, 0.4) is 0 Å². The van der Waals surface area contributed by atoms with E-state index in [1.165, 1.54) is 13.8 Å². The summed E-state index contributed by atoms with van der Waals surface area (Å²) in [5, 5.41) is 0. The molecule has 0 amide bonds. The maximum Gasteiger partial charge on any atom is 0.407 e. The van der Waals surface area contributed by atoms with E-state index in [0.717, 1.165) is 12.1 Å². The Kier molecular flexibility index (Phi) is 3.04. The topological polar surface area (TPSA) is 26.0 Å². The number of hydrogen-bond donors (Lipinski definition) is 1. The highest BCUT2D eigenvalue weighted by molar-refractivity contribution is 5.37. The lowest BCUT2D eigenvalue weighted by atomic mass is 9.96. The minimum absolute atomic E-state index is 0.0519. The first kappa shape index (κ1) is 12.0. The second kappa shape index (κ2) is 3.81. The molecular weight excluding hydrogens is 210 g/mol. The van der Waals surface area contributed by atoms with Crippen molar-refractivity contribution in [3.8, 4) is 0 Å². The van der Waals surface area contributed by atoms with Gasteiger partial charge in [0.05, 0.1) is 0 Å². The van der Waals surface area contributed by atoms with Crippen LogP contribution in [0.5, 0.6) is 0 Å². The van der Waals surface area contributed by atoms with Gasteiger partial charge in [-0.05, 0) is 42.7 Å². The Hall–Kier alpha value is -1.10. The summed E-state index contributed by atoms with van der Waals surface area (Å²) in [7, 11) is 0. The van der Waals surface area contributed by atoms with Crippen LogP contribution in [-0.2, 0) is 0 Å². The van der Waals surface area contributed by atoms with Gasteiger partial charge >= 0.3 is 6.18 Å². The molecule has 0 fully saturated rings. The molecule has 0 heterocycles. The Bertz CT molecular complexity index is 347. The normalized spacial score (nSPS) is 14.1. The molecule has 1 rings (SSSR count). The predicted octanol–water partition coefficient (Wildman–Crippen LogP) is 3.00. The highest BCUT2D eigenvalue weighted by Gasteiger charge is 2.39. The van der Waals surface area contributed by atoms with E-state index in [2.05, 4.69) is 0 Å². The lowest BCUT2D eigenvalue weighted by molar-refractivity contribution is -0.149. The zero-order valence-corrected chi connectivity index (χ0v) is 8.32.